The number of hydrogen-bond donors (Lipinski definition) is 1. The van der Waals surface area contributed by atoms with Gasteiger partial charge in [-0.3, -0.25) is 9.14 Å². The molecule has 1 aromatic heterocycles. The summed E-state index contributed by atoms with van der Waals surface area (Å²) in [6.45, 7) is 22.1. The first-order chi connectivity index (χ1) is 18.0. The topological polar surface area (TPSA) is 77.7 Å². The minimum atomic E-state index is -2.19. The molecule has 0 aliphatic carbocycles. The third-order valence-corrected chi connectivity index (χ3v) is 17.5. The van der Waals surface area contributed by atoms with Crippen LogP contribution in [0, 0.1) is 0 Å². The Labute approximate surface area is 235 Å². The molecule has 0 bridgehead atoms. The zero-order valence-electron chi connectivity index (χ0n) is 25.3. The van der Waals surface area contributed by atoms with Crippen molar-refractivity contribution in [1.82, 2.24) is 14.9 Å². The molecule has 1 N–H and O–H groups in total. The molecule has 1 amide bonds. The van der Waals surface area contributed by atoms with Crippen LogP contribution in [0.4, 0.5) is 0 Å². The molecule has 0 atom stereocenters. The van der Waals surface area contributed by atoms with Gasteiger partial charge < -0.3 is 9.16 Å². The highest BCUT2D eigenvalue weighted by Crippen LogP contribution is 2.40. The molecule has 3 aromatic rings. The van der Waals surface area contributed by atoms with Crippen molar-refractivity contribution in [1.29, 1.82) is 0 Å². The molecule has 0 spiro atoms. The fourth-order valence-corrected chi connectivity index (χ4v) is 6.32. The molecule has 0 aliphatic heterocycles. The van der Waals surface area contributed by atoms with Crippen LogP contribution in [0.3, 0.4) is 0 Å². The Morgan fingerprint density at radius 3 is 2.13 bits per heavy atom. The van der Waals surface area contributed by atoms with Crippen molar-refractivity contribution in [2.45, 2.75) is 77.8 Å². The lowest BCUT2D eigenvalue weighted by Gasteiger charge is -2.37. The van der Waals surface area contributed by atoms with E-state index in [-0.39, 0.29) is 16.0 Å². The molecule has 0 radical (unpaired) electrons. The van der Waals surface area contributed by atoms with Crippen molar-refractivity contribution in [2.75, 3.05) is 7.11 Å². The van der Waals surface area contributed by atoms with E-state index in [1.54, 1.807) is 13.3 Å². The van der Waals surface area contributed by atoms with Crippen molar-refractivity contribution in [3.63, 3.8) is 0 Å². The second kappa shape index (κ2) is 11.1. The van der Waals surface area contributed by atoms with Crippen LogP contribution in [0.25, 0.3) is 11.3 Å². The minimum absolute atomic E-state index is 0.0189. The molecule has 9 heteroatoms. The number of carbonyl (C=O) groups excluding carboxylic acids is 1. The van der Waals surface area contributed by atoms with E-state index in [4.69, 9.17) is 14.3 Å². The number of methoxy groups -OCH3 is 1. The first kappa shape index (κ1) is 30.4. The van der Waals surface area contributed by atoms with E-state index >= 15 is 0 Å². The Kier molecular flexibility index (Phi) is 8.67. The fourth-order valence-electron chi connectivity index (χ4n) is 3.54. The van der Waals surface area contributed by atoms with E-state index in [9.17, 15) is 4.79 Å². The standard InChI is InChI=1S/C30H44N4O3Si2/c1-29(2,3)38(8,9)34-25(20-24(33-34)23-15-13-12-14-16-23)28(35)32-31-21-22-17-18-26(36-7)27(19-22)37-39(10,11)30(4,5)6/h12-21H,1-11H3,(H,32,35)/b31-21+. The molecule has 0 aliphatic rings. The lowest BCUT2D eigenvalue weighted by atomic mass is 10.1. The maximum Gasteiger partial charge on any atom is 0.288 e. The second-order valence-electron chi connectivity index (χ2n) is 13.0. The van der Waals surface area contributed by atoms with Gasteiger partial charge in [0.15, 0.2) is 14.0 Å². The number of benzene rings is 2. The predicted octanol–water partition coefficient (Wildman–Crippen LogP) is 7.56. The van der Waals surface area contributed by atoms with Crippen LogP contribution in [0.5, 0.6) is 11.5 Å². The summed E-state index contributed by atoms with van der Waals surface area (Å²) in [7, 11) is -2.63. The third kappa shape index (κ3) is 6.70. The van der Waals surface area contributed by atoms with Crippen molar-refractivity contribution >= 4 is 28.7 Å². The molecule has 0 fully saturated rings. The number of hydrazone groups is 1. The highest BCUT2D eigenvalue weighted by atomic mass is 28.4. The van der Waals surface area contributed by atoms with Crippen molar-refractivity contribution in [2.24, 2.45) is 5.10 Å². The molecule has 0 unspecified atom stereocenters. The van der Waals surface area contributed by atoms with Crippen molar-refractivity contribution in [3.8, 4) is 22.8 Å². The maximum atomic E-state index is 13.4. The predicted molar refractivity (Wildman–Crippen MR) is 166 cm³/mol. The summed E-state index contributed by atoms with van der Waals surface area (Å²) in [4.78, 5) is 13.4. The SMILES string of the molecule is COc1ccc(/C=N/NC(=O)c2cc(-c3ccccc3)nn2[Si](C)(C)C(C)(C)C)cc1O[Si](C)(C)C(C)(C)C. The molecule has 0 saturated heterocycles. The van der Waals surface area contributed by atoms with E-state index in [1.807, 2.05) is 58.9 Å². The van der Waals surface area contributed by atoms with Gasteiger partial charge >= 0.3 is 0 Å². The van der Waals surface area contributed by atoms with Gasteiger partial charge in [-0.1, -0.05) is 71.9 Å². The third-order valence-electron chi connectivity index (χ3n) is 8.12. The Hall–Kier alpha value is -3.18. The van der Waals surface area contributed by atoms with Crippen LogP contribution in [0.15, 0.2) is 59.7 Å². The molecule has 210 valence electrons. The molecule has 1 heterocycles. The lowest BCUT2D eigenvalue weighted by molar-refractivity contribution is 0.0948. The second-order valence-corrected chi connectivity index (χ2v) is 22.7. The highest BCUT2D eigenvalue weighted by Gasteiger charge is 2.41. The Morgan fingerprint density at radius 2 is 1.56 bits per heavy atom. The van der Waals surface area contributed by atoms with Crippen LogP contribution in [-0.2, 0) is 0 Å². The average molecular weight is 565 g/mol. The van der Waals surface area contributed by atoms with Gasteiger partial charge in [-0.15, -0.1) is 0 Å². The van der Waals surface area contributed by atoms with Gasteiger partial charge in [0.05, 0.1) is 19.0 Å². The molecular formula is C30H44N4O3Si2. The molecule has 3 rings (SSSR count). The van der Waals surface area contributed by atoms with E-state index in [2.05, 4.69) is 78.3 Å². The van der Waals surface area contributed by atoms with Gasteiger partial charge in [0.1, 0.15) is 11.4 Å². The van der Waals surface area contributed by atoms with Gasteiger partial charge in [0.2, 0.25) is 0 Å². The van der Waals surface area contributed by atoms with Crippen molar-refractivity contribution in [3.05, 3.63) is 65.9 Å². The van der Waals surface area contributed by atoms with Gasteiger partial charge in [-0.25, -0.2) is 5.43 Å². The number of aromatic nitrogens is 2. The summed E-state index contributed by atoms with van der Waals surface area (Å²) in [6, 6.07) is 17.5. The van der Waals surface area contributed by atoms with E-state index in [1.165, 1.54) is 0 Å². The zero-order chi connectivity index (χ0) is 29.2. The smallest absolute Gasteiger partial charge is 0.288 e. The first-order valence-corrected chi connectivity index (χ1v) is 19.2. The van der Waals surface area contributed by atoms with E-state index < -0.39 is 16.6 Å². The van der Waals surface area contributed by atoms with Gasteiger partial charge in [-0.2, -0.15) is 10.2 Å². The van der Waals surface area contributed by atoms with Crippen molar-refractivity contribution < 1.29 is 14.0 Å². The Balaban J connectivity index is 1.90. The number of hydrogen-bond acceptors (Lipinski definition) is 5. The van der Waals surface area contributed by atoms with Crippen LogP contribution >= 0.6 is 0 Å². The number of ether oxygens (including phenoxy) is 1. The summed E-state index contributed by atoms with van der Waals surface area (Å²) in [5.41, 5.74) is 5.78. The quantitative estimate of drug-likeness (QED) is 0.174. The van der Waals surface area contributed by atoms with Crippen LogP contribution in [0.1, 0.15) is 57.6 Å². The lowest BCUT2D eigenvalue weighted by Crippen LogP contribution is -2.48. The zero-order valence-corrected chi connectivity index (χ0v) is 27.3. The molecule has 39 heavy (non-hydrogen) atoms. The first-order valence-electron chi connectivity index (χ1n) is 13.3. The molecular weight excluding hydrogens is 521 g/mol. The molecule has 0 saturated carbocycles. The monoisotopic (exact) mass is 564 g/mol. The normalized spacial score (nSPS) is 13.0. The summed E-state index contributed by atoms with van der Waals surface area (Å²) < 4.78 is 14.0. The van der Waals surface area contributed by atoms with Crippen LogP contribution < -0.4 is 14.6 Å². The Morgan fingerprint density at radius 1 is 0.923 bits per heavy atom. The summed E-state index contributed by atoms with van der Waals surface area (Å²) in [6.07, 6.45) is 1.63. The number of amides is 1. The highest BCUT2D eigenvalue weighted by molar-refractivity contribution is 6.78. The van der Waals surface area contributed by atoms with Gasteiger partial charge in [0.25, 0.3) is 14.2 Å². The van der Waals surface area contributed by atoms with Crippen LogP contribution in [0.2, 0.25) is 36.3 Å². The maximum absolute atomic E-state index is 13.4. The molecule has 7 nitrogen and oxygen atoms in total. The number of carbonyl (C=O) groups is 1. The van der Waals surface area contributed by atoms with E-state index in [0.29, 0.717) is 17.2 Å². The number of nitrogens with one attached hydrogen (secondary N) is 1. The van der Waals surface area contributed by atoms with E-state index in [0.717, 1.165) is 16.8 Å². The van der Waals surface area contributed by atoms with Gasteiger partial charge in [-0.05, 0) is 66.1 Å². The summed E-state index contributed by atoms with van der Waals surface area (Å²) in [5.74, 6) is 1.06. The Bertz CT molecular complexity index is 1330. The minimum Gasteiger partial charge on any atom is -0.541 e. The summed E-state index contributed by atoms with van der Waals surface area (Å²) >= 11 is 0. The number of nitrogens with zero attached hydrogens (tertiary/aromatic N) is 3. The number of rotatable bonds is 8. The fraction of sp³-hybridized carbons (Fsp3) is 0.433. The molecule has 2 aromatic carbocycles. The summed E-state index contributed by atoms with van der Waals surface area (Å²) in [5, 5.41) is 9.25. The average Bonchev–Trinajstić information content (AvgIpc) is 3.30. The van der Waals surface area contributed by atoms with Gasteiger partial charge in [0, 0.05) is 5.56 Å². The largest absolute Gasteiger partial charge is 0.541 e. The van der Waals surface area contributed by atoms with Crippen LogP contribution in [-0.4, -0.2) is 45.2 Å².